The van der Waals surface area contributed by atoms with Crippen LogP contribution in [0.5, 0.6) is 0 Å². The fraction of sp³-hybridized carbons (Fsp3) is 0.800. The van der Waals surface area contributed by atoms with Crippen molar-refractivity contribution in [2.45, 2.75) is 34.1 Å². The lowest BCUT2D eigenvalue weighted by atomic mass is 10.1. The van der Waals surface area contributed by atoms with Gasteiger partial charge in [-0.3, -0.25) is 4.99 Å². The molecule has 0 aliphatic heterocycles. The molecule has 0 aromatic heterocycles. The Labute approximate surface area is 75.6 Å². The minimum absolute atomic E-state index is 0.384. The lowest BCUT2D eigenvalue weighted by Gasteiger charge is -2.05. The van der Waals surface area contributed by atoms with Gasteiger partial charge < -0.3 is 5.41 Å². The van der Waals surface area contributed by atoms with Crippen LogP contribution in [0.25, 0.3) is 0 Å². The first-order valence-electron chi connectivity index (χ1n) is 4.62. The van der Waals surface area contributed by atoms with Gasteiger partial charge in [-0.25, -0.2) is 0 Å². The number of nitrogens with one attached hydrogen (secondary N) is 1. The molecule has 0 aromatic rings. The standard InChI is InChI=1S/C10H20N2/c1-8(2)5-6-12-10(7-11)9(3)4/h7-9,11H,5-6H2,1-4H3/b11-7?,12-10+. The van der Waals surface area contributed by atoms with Gasteiger partial charge in [0.1, 0.15) is 0 Å². The molecule has 0 aromatic carbocycles. The first kappa shape index (κ1) is 11.3. The van der Waals surface area contributed by atoms with Crippen LogP contribution >= 0.6 is 0 Å². The van der Waals surface area contributed by atoms with Gasteiger partial charge in [-0.2, -0.15) is 0 Å². The van der Waals surface area contributed by atoms with Gasteiger partial charge in [-0.15, -0.1) is 0 Å². The maximum Gasteiger partial charge on any atom is 0.0548 e. The molecule has 70 valence electrons. The minimum atomic E-state index is 0.384. The summed E-state index contributed by atoms with van der Waals surface area (Å²) in [4.78, 5) is 4.36. The normalized spacial score (nSPS) is 12.7. The van der Waals surface area contributed by atoms with E-state index in [1.54, 1.807) is 0 Å². The van der Waals surface area contributed by atoms with Crippen LogP contribution in [-0.4, -0.2) is 18.5 Å². The summed E-state index contributed by atoms with van der Waals surface area (Å²) in [5, 5.41) is 7.12. The summed E-state index contributed by atoms with van der Waals surface area (Å²) in [6.45, 7) is 9.38. The Balaban J connectivity index is 3.86. The molecule has 12 heavy (non-hydrogen) atoms. The third-order valence-electron chi connectivity index (χ3n) is 1.74. The van der Waals surface area contributed by atoms with Crippen molar-refractivity contribution in [3.05, 3.63) is 0 Å². The van der Waals surface area contributed by atoms with Crippen LogP contribution in [0.4, 0.5) is 0 Å². The number of rotatable bonds is 5. The SMILES string of the molecule is CC(C)CC/N=C(\C=N)C(C)C. The number of aliphatic imine (C=N–C) groups is 1. The van der Waals surface area contributed by atoms with Crippen molar-refractivity contribution in [2.24, 2.45) is 16.8 Å². The van der Waals surface area contributed by atoms with Crippen LogP contribution in [0.3, 0.4) is 0 Å². The Hall–Kier alpha value is -0.660. The van der Waals surface area contributed by atoms with Crippen molar-refractivity contribution in [1.29, 1.82) is 5.41 Å². The van der Waals surface area contributed by atoms with E-state index in [2.05, 4.69) is 32.7 Å². The summed E-state index contributed by atoms with van der Waals surface area (Å²) < 4.78 is 0. The van der Waals surface area contributed by atoms with Crippen molar-refractivity contribution < 1.29 is 0 Å². The third kappa shape index (κ3) is 5.05. The molecular formula is C10H20N2. The molecule has 0 aliphatic rings. The highest BCUT2D eigenvalue weighted by Gasteiger charge is 2.00. The molecule has 2 nitrogen and oxygen atoms in total. The molecule has 0 fully saturated rings. The van der Waals surface area contributed by atoms with Crippen LogP contribution in [0.1, 0.15) is 34.1 Å². The molecule has 0 rings (SSSR count). The molecule has 0 saturated carbocycles. The van der Waals surface area contributed by atoms with E-state index in [0.29, 0.717) is 11.8 Å². The Kier molecular flexibility index (Phi) is 5.60. The summed E-state index contributed by atoms with van der Waals surface area (Å²) >= 11 is 0. The van der Waals surface area contributed by atoms with Gasteiger partial charge in [0.2, 0.25) is 0 Å². The molecule has 0 bridgehead atoms. The van der Waals surface area contributed by atoms with Gasteiger partial charge in [0, 0.05) is 12.8 Å². The molecular weight excluding hydrogens is 148 g/mol. The zero-order valence-corrected chi connectivity index (χ0v) is 8.59. The second-order valence-corrected chi connectivity index (χ2v) is 3.79. The van der Waals surface area contributed by atoms with Gasteiger partial charge in [0.15, 0.2) is 0 Å². The van der Waals surface area contributed by atoms with E-state index >= 15 is 0 Å². The Morgan fingerprint density at radius 3 is 2.25 bits per heavy atom. The van der Waals surface area contributed by atoms with Crippen molar-refractivity contribution in [1.82, 2.24) is 0 Å². The fourth-order valence-electron chi connectivity index (χ4n) is 0.847. The van der Waals surface area contributed by atoms with E-state index < -0.39 is 0 Å². The highest BCUT2D eigenvalue weighted by atomic mass is 14.7. The van der Waals surface area contributed by atoms with Gasteiger partial charge in [0.25, 0.3) is 0 Å². The van der Waals surface area contributed by atoms with Crippen molar-refractivity contribution in [3.63, 3.8) is 0 Å². The van der Waals surface area contributed by atoms with Gasteiger partial charge in [0.05, 0.1) is 5.71 Å². The Morgan fingerprint density at radius 1 is 1.33 bits per heavy atom. The van der Waals surface area contributed by atoms with Crippen LogP contribution < -0.4 is 0 Å². The number of hydrogen-bond acceptors (Lipinski definition) is 2. The molecule has 0 heterocycles. The number of nitrogens with zero attached hydrogens (tertiary/aromatic N) is 1. The quantitative estimate of drug-likeness (QED) is 0.613. The monoisotopic (exact) mass is 168 g/mol. The zero-order valence-electron chi connectivity index (χ0n) is 8.59. The van der Waals surface area contributed by atoms with Gasteiger partial charge in [-0.1, -0.05) is 27.7 Å². The van der Waals surface area contributed by atoms with Crippen LogP contribution in [0.15, 0.2) is 4.99 Å². The van der Waals surface area contributed by atoms with Crippen LogP contribution in [-0.2, 0) is 0 Å². The topological polar surface area (TPSA) is 36.2 Å². The molecule has 1 N–H and O–H groups in total. The maximum absolute atomic E-state index is 7.12. The summed E-state index contributed by atoms with van der Waals surface area (Å²) in [5.41, 5.74) is 0.913. The Bertz CT molecular complexity index is 157. The minimum Gasteiger partial charge on any atom is -0.307 e. The Morgan fingerprint density at radius 2 is 1.92 bits per heavy atom. The molecule has 0 aliphatic carbocycles. The predicted molar refractivity (Wildman–Crippen MR) is 55.4 cm³/mol. The number of hydrogen-bond donors (Lipinski definition) is 1. The molecule has 0 atom stereocenters. The molecule has 0 spiro atoms. The van der Waals surface area contributed by atoms with E-state index in [9.17, 15) is 0 Å². The highest BCUT2D eigenvalue weighted by molar-refractivity contribution is 6.30. The second kappa shape index (κ2) is 5.92. The molecule has 0 amide bonds. The maximum atomic E-state index is 7.12. The first-order chi connectivity index (χ1) is 5.57. The van der Waals surface area contributed by atoms with Crippen molar-refractivity contribution >= 4 is 11.9 Å². The summed E-state index contributed by atoms with van der Waals surface area (Å²) in [6, 6.07) is 0. The van der Waals surface area contributed by atoms with Gasteiger partial charge >= 0.3 is 0 Å². The first-order valence-corrected chi connectivity index (χ1v) is 4.62. The molecule has 2 heteroatoms. The largest absolute Gasteiger partial charge is 0.307 e. The predicted octanol–water partition coefficient (Wildman–Crippen LogP) is 2.78. The average molecular weight is 168 g/mol. The van der Waals surface area contributed by atoms with E-state index in [4.69, 9.17) is 5.41 Å². The van der Waals surface area contributed by atoms with Crippen molar-refractivity contribution in [3.8, 4) is 0 Å². The summed E-state index contributed by atoms with van der Waals surface area (Å²) in [6.07, 6.45) is 2.48. The van der Waals surface area contributed by atoms with E-state index in [1.807, 2.05) is 0 Å². The fourth-order valence-corrected chi connectivity index (χ4v) is 0.847. The summed E-state index contributed by atoms with van der Waals surface area (Å²) in [7, 11) is 0. The lowest BCUT2D eigenvalue weighted by Crippen LogP contribution is -2.09. The van der Waals surface area contributed by atoms with E-state index in [-0.39, 0.29) is 0 Å². The third-order valence-corrected chi connectivity index (χ3v) is 1.74. The highest BCUT2D eigenvalue weighted by Crippen LogP contribution is 2.01. The lowest BCUT2D eigenvalue weighted by molar-refractivity contribution is 0.596. The van der Waals surface area contributed by atoms with E-state index in [1.165, 1.54) is 6.21 Å². The molecule has 0 unspecified atom stereocenters. The van der Waals surface area contributed by atoms with E-state index in [0.717, 1.165) is 18.7 Å². The second-order valence-electron chi connectivity index (χ2n) is 3.79. The average Bonchev–Trinajstić information content (AvgIpc) is 1.96. The smallest absolute Gasteiger partial charge is 0.0548 e. The zero-order chi connectivity index (χ0) is 9.56. The summed E-state index contributed by atoms with van der Waals surface area (Å²) in [5.74, 6) is 1.09. The molecule has 0 saturated heterocycles. The van der Waals surface area contributed by atoms with Crippen LogP contribution in [0, 0.1) is 17.2 Å². The van der Waals surface area contributed by atoms with Crippen molar-refractivity contribution in [2.75, 3.05) is 6.54 Å². The molecule has 0 radical (unpaired) electrons. The van der Waals surface area contributed by atoms with Gasteiger partial charge in [-0.05, 0) is 18.3 Å². The van der Waals surface area contributed by atoms with Crippen LogP contribution in [0.2, 0.25) is 0 Å².